The van der Waals surface area contributed by atoms with Gasteiger partial charge in [0.25, 0.3) is 0 Å². The molecule has 0 aliphatic heterocycles. The van der Waals surface area contributed by atoms with Crippen LogP contribution in [0.5, 0.6) is 0 Å². The summed E-state index contributed by atoms with van der Waals surface area (Å²) in [5, 5.41) is 20.9. The van der Waals surface area contributed by atoms with E-state index in [4.69, 9.17) is 10.2 Å². The molecule has 0 saturated heterocycles. The number of carboxylic acids is 1. The Balaban J connectivity index is 1.86. The molecule has 5 nitrogen and oxygen atoms in total. The fraction of sp³-hybridized carbons (Fsp3) is 0.818. The van der Waals surface area contributed by atoms with Crippen molar-refractivity contribution in [1.82, 2.24) is 5.32 Å². The van der Waals surface area contributed by atoms with Gasteiger partial charge in [0.15, 0.2) is 0 Å². The summed E-state index contributed by atoms with van der Waals surface area (Å²) in [6.07, 6.45) is 2.96. The van der Waals surface area contributed by atoms with Crippen LogP contribution in [-0.4, -0.2) is 34.2 Å². The molecule has 5 heteroatoms. The van der Waals surface area contributed by atoms with Crippen molar-refractivity contribution in [2.24, 2.45) is 11.8 Å². The smallest absolute Gasteiger partial charge is 0.307 e. The van der Waals surface area contributed by atoms with Gasteiger partial charge in [-0.2, -0.15) is 0 Å². The summed E-state index contributed by atoms with van der Waals surface area (Å²) >= 11 is 0. The van der Waals surface area contributed by atoms with Gasteiger partial charge in [-0.25, -0.2) is 0 Å². The van der Waals surface area contributed by atoms with Gasteiger partial charge in [-0.05, 0) is 25.7 Å². The predicted octanol–water partition coefficient (Wildman–Crippen LogP) is 0.127. The molecule has 16 heavy (non-hydrogen) atoms. The first-order valence-corrected chi connectivity index (χ1v) is 5.79. The minimum Gasteiger partial charge on any atom is -0.481 e. The quantitative estimate of drug-likeness (QED) is 0.639. The van der Waals surface area contributed by atoms with Gasteiger partial charge in [0.1, 0.15) is 0 Å². The summed E-state index contributed by atoms with van der Waals surface area (Å²) in [6.45, 7) is 0. The molecule has 0 spiro atoms. The molecule has 1 amide bonds. The maximum atomic E-state index is 11.8. The third kappa shape index (κ3) is 2.19. The van der Waals surface area contributed by atoms with E-state index in [1.807, 2.05) is 0 Å². The fourth-order valence-electron chi connectivity index (χ4n) is 2.58. The van der Waals surface area contributed by atoms with Crippen LogP contribution in [0.25, 0.3) is 0 Å². The van der Waals surface area contributed by atoms with Crippen molar-refractivity contribution in [2.75, 3.05) is 0 Å². The van der Waals surface area contributed by atoms with Gasteiger partial charge < -0.3 is 15.5 Å². The molecular formula is C11H17NO4. The van der Waals surface area contributed by atoms with Gasteiger partial charge in [0, 0.05) is 6.04 Å². The van der Waals surface area contributed by atoms with Crippen LogP contribution in [0.2, 0.25) is 0 Å². The second-order valence-electron chi connectivity index (χ2n) is 4.81. The van der Waals surface area contributed by atoms with E-state index >= 15 is 0 Å². The first kappa shape index (κ1) is 11.4. The average molecular weight is 227 g/mol. The summed E-state index contributed by atoms with van der Waals surface area (Å²) < 4.78 is 0. The van der Waals surface area contributed by atoms with E-state index in [2.05, 4.69) is 5.32 Å². The number of hydrogen-bond acceptors (Lipinski definition) is 3. The molecule has 0 heterocycles. The summed E-state index contributed by atoms with van der Waals surface area (Å²) in [5.41, 5.74) is 0. The molecule has 90 valence electrons. The maximum absolute atomic E-state index is 11.8. The largest absolute Gasteiger partial charge is 0.481 e. The van der Waals surface area contributed by atoms with E-state index in [0.717, 1.165) is 6.42 Å². The van der Waals surface area contributed by atoms with Crippen molar-refractivity contribution >= 4 is 11.9 Å². The normalized spacial score (nSPS) is 37.8. The van der Waals surface area contributed by atoms with Crippen LogP contribution in [0.4, 0.5) is 0 Å². The molecule has 0 aromatic heterocycles. The number of hydrogen-bond donors (Lipinski definition) is 3. The second kappa shape index (κ2) is 4.41. The zero-order valence-corrected chi connectivity index (χ0v) is 9.06. The monoisotopic (exact) mass is 227 g/mol. The Morgan fingerprint density at radius 3 is 2.31 bits per heavy atom. The van der Waals surface area contributed by atoms with Crippen LogP contribution in [0.1, 0.15) is 32.1 Å². The lowest BCUT2D eigenvalue weighted by Crippen LogP contribution is -2.49. The van der Waals surface area contributed by atoms with E-state index in [0.29, 0.717) is 25.7 Å². The zero-order valence-electron chi connectivity index (χ0n) is 9.06. The number of rotatable bonds is 3. The standard InChI is InChI=1S/C11H17NO4/c13-7-4-6(5-7)12-10(14)8-2-1-3-9(8)11(15)16/h6-9,13H,1-5H2,(H,12,14)(H,15,16). The number of carbonyl (C=O) groups excluding carboxylic acids is 1. The number of carboxylic acid groups (broad SMARTS) is 1. The van der Waals surface area contributed by atoms with Gasteiger partial charge in [0.05, 0.1) is 17.9 Å². The molecule has 0 aromatic carbocycles. The van der Waals surface area contributed by atoms with Gasteiger partial charge in [-0.3, -0.25) is 9.59 Å². The van der Waals surface area contributed by atoms with E-state index < -0.39 is 11.9 Å². The summed E-state index contributed by atoms with van der Waals surface area (Å²) in [7, 11) is 0. The molecule has 2 unspecified atom stereocenters. The molecule has 2 fully saturated rings. The highest BCUT2D eigenvalue weighted by molar-refractivity contribution is 5.85. The highest BCUT2D eigenvalue weighted by Crippen LogP contribution is 2.32. The minimum absolute atomic E-state index is 0.0394. The molecule has 0 radical (unpaired) electrons. The zero-order chi connectivity index (χ0) is 11.7. The van der Waals surface area contributed by atoms with Crippen LogP contribution in [0.15, 0.2) is 0 Å². The lowest BCUT2D eigenvalue weighted by Gasteiger charge is -2.33. The fourth-order valence-corrected chi connectivity index (χ4v) is 2.58. The van der Waals surface area contributed by atoms with Crippen LogP contribution in [0, 0.1) is 11.8 Å². The van der Waals surface area contributed by atoms with E-state index in [9.17, 15) is 9.59 Å². The van der Waals surface area contributed by atoms with Crippen LogP contribution in [-0.2, 0) is 9.59 Å². The van der Waals surface area contributed by atoms with Crippen molar-refractivity contribution in [3.8, 4) is 0 Å². The highest BCUT2D eigenvalue weighted by atomic mass is 16.4. The molecule has 2 atom stereocenters. The summed E-state index contributed by atoms with van der Waals surface area (Å²) in [4.78, 5) is 22.7. The third-order valence-electron chi connectivity index (χ3n) is 3.63. The molecule has 0 bridgehead atoms. The Morgan fingerprint density at radius 2 is 1.75 bits per heavy atom. The van der Waals surface area contributed by atoms with Gasteiger partial charge >= 0.3 is 5.97 Å². The number of aliphatic hydroxyl groups excluding tert-OH is 1. The van der Waals surface area contributed by atoms with Crippen molar-refractivity contribution < 1.29 is 19.8 Å². The number of amides is 1. The third-order valence-corrected chi connectivity index (χ3v) is 3.63. The van der Waals surface area contributed by atoms with Gasteiger partial charge in [0.2, 0.25) is 5.91 Å². The van der Waals surface area contributed by atoms with Crippen LogP contribution in [0.3, 0.4) is 0 Å². The molecule has 2 aliphatic carbocycles. The number of carbonyl (C=O) groups is 2. The van der Waals surface area contributed by atoms with E-state index in [1.54, 1.807) is 0 Å². The highest BCUT2D eigenvalue weighted by Gasteiger charge is 2.39. The van der Waals surface area contributed by atoms with Crippen molar-refractivity contribution in [1.29, 1.82) is 0 Å². The van der Waals surface area contributed by atoms with Crippen molar-refractivity contribution in [3.63, 3.8) is 0 Å². The van der Waals surface area contributed by atoms with Crippen molar-refractivity contribution in [2.45, 2.75) is 44.2 Å². The number of nitrogens with one attached hydrogen (secondary N) is 1. The van der Waals surface area contributed by atoms with Crippen LogP contribution >= 0.6 is 0 Å². The lowest BCUT2D eigenvalue weighted by molar-refractivity contribution is -0.146. The summed E-state index contributed by atoms with van der Waals surface area (Å²) in [5.74, 6) is -1.92. The first-order chi connectivity index (χ1) is 7.58. The maximum Gasteiger partial charge on any atom is 0.307 e. The Bertz CT molecular complexity index is 298. The number of aliphatic hydroxyl groups is 1. The molecule has 2 saturated carbocycles. The second-order valence-corrected chi connectivity index (χ2v) is 4.81. The number of aliphatic carboxylic acids is 1. The Labute approximate surface area is 93.8 Å². The topological polar surface area (TPSA) is 86.6 Å². The first-order valence-electron chi connectivity index (χ1n) is 5.79. The molecular weight excluding hydrogens is 210 g/mol. The van der Waals surface area contributed by atoms with Crippen molar-refractivity contribution in [3.05, 3.63) is 0 Å². The lowest BCUT2D eigenvalue weighted by atomic mass is 9.88. The van der Waals surface area contributed by atoms with E-state index in [-0.39, 0.29) is 24.0 Å². The molecule has 2 rings (SSSR count). The molecule has 0 aromatic rings. The Morgan fingerprint density at radius 1 is 1.12 bits per heavy atom. The predicted molar refractivity (Wildman–Crippen MR) is 55.6 cm³/mol. The Kier molecular flexibility index (Phi) is 3.14. The minimum atomic E-state index is -0.869. The molecule has 3 N–H and O–H groups in total. The van der Waals surface area contributed by atoms with Gasteiger partial charge in [-0.15, -0.1) is 0 Å². The average Bonchev–Trinajstić information content (AvgIpc) is 2.63. The van der Waals surface area contributed by atoms with Gasteiger partial charge in [-0.1, -0.05) is 6.42 Å². The van der Waals surface area contributed by atoms with Crippen LogP contribution < -0.4 is 5.32 Å². The van der Waals surface area contributed by atoms with E-state index in [1.165, 1.54) is 0 Å². The SMILES string of the molecule is O=C(O)C1CCCC1C(=O)NC1CC(O)C1. The summed E-state index contributed by atoms with van der Waals surface area (Å²) in [6, 6.07) is 0.0394. The molecule has 2 aliphatic rings. The Hall–Kier alpha value is -1.10.